The lowest BCUT2D eigenvalue weighted by Crippen LogP contribution is -2.27. The standard InChI is InChI=1S/C11H22N4OS/c1-4-12-11-10(13-14-17-11)9-15(5-2)7-8-16-6-3/h12H,4-9H2,1-3H3. The largest absolute Gasteiger partial charge is 0.380 e. The van der Waals surface area contributed by atoms with Gasteiger partial charge in [0.15, 0.2) is 0 Å². The average Bonchev–Trinajstić information content (AvgIpc) is 2.76. The third kappa shape index (κ3) is 4.97. The molecule has 17 heavy (non-hydrogen) atoms. The molecule has 1 N–H and O–H groups in total. The highest BCUT2D eigenvalue weighted by Gasteiger charge is 2.11. The van der Waals surface area contributed by atoms with Crippen LogP contribution in [0.2, 0.25) is 0 Å². The molecule has 0 unspecified atom stereocenters. The van der Waals surface area contributed by atoms with Crippen LogP contribution in [0.5, 0.6) is 0 Å². The maximum atomic E-state index is 5.37. The Balaban J connectivity index is 2.45. The predicted molar refractivity (Wildman–Crippen MR) is 71.5 cm³/mol. The minimum absolute atomic E-state index is 0.776. The van der Waals surface area contributed by atoms with Gasteiger partial charge in [0, 0.05) is 37.8 Å². The van der Waals surface area contributed by atoms with Gasteiger partial charge in [-0.25, -0.2) is 0 Å². The number of anilines is 1. The molecule has 0 saturated carbocycles. The summed E-state index contributed by atoms with van der Waals surface area (Å²) in [6.07, 6.45) is 0. The number of rotatable bonds is 9. The zero-order valence-electron chi connectivity index (χ0n) is 10.9. The molecule has 0 aromatic carbocycles. The molecule has 1 rings (SSSR count). The topological polar surface area (TPSA) is 50.3 Å². The minimum Gasteiger partial charge on any atom is -0.380 e. The van der Waals surface area contributed by atoms with E-state index in [4.69, 9.17) is 4.74 Å². The Kier molecular flexibility index (Phi) is 7.07. The molecule has 6 heteroatoms. The van der Waals surface area contributed by atoms with Gasteiger partial charge in [-0.15, -0.1) is 5.10 Å². The van der Waals surface area contributed by atoms with Crippen molar-refractivity contribution in [2.24, 2.45) is 0 Å². The second-order valence-electron chi connectivity index (χ2n) is 3.64. The highest BCUT2D eigenvalue weighted by molar-refractivity contribution is 7.10. The molecule has 0 fully saturated rings. The van der Waals surface area contributed by atoms with Crippen molar-refractivity contribution in [2.75, 3.05) is 38.2 Å². The highest BCUT2D eigenvalue weighted by atomic mass is 32.1. The van der Waals surface area contributed by atoms with Gasteiger partial charge >= 0.3 is 0 Å². The van der Waals surface area contributed by atoms with Crippen molar-refractivity contribution in [1.82, 2.24) is 14.5 Å². The molecule has 0 spiro atoms. The first kappa shape index (κ1) is 14.3. The maximum absolute atomic E-state index is 5.37. The fourth-order valence-electron chi connectivity index (χ4n) is 1.51. The number of nitrogens with one attached hydrogen (secondary N) is 1. The van der Waals surface area contributed by atoms with Crippen LogP contribution in [0.4, 0.5) is 5.00 Å². The van der Waals surface area contributed by atoms with E-state index in [2.05, 4.69) is 33.7 Å². The fraction of sp³-hybridized carbons (Fsp3) is 0.818. The van der Waals surface area contributed by atoms with Crippen LogP contribution >= 0.6 is 11.5 Å². The predicted octanol–water partition coefficient (Wildman–Crippen LogP) is 1.83. The molecule has 0 atom stereocenters. The summed E-state index contributed by atoms with van der Waals surface area (Å²) in [5, 5.41) is 8.55. The molecule has 0 aliphatic carbocycles. The number of ether oxygens (including phenoxy) is 1. The lowest BCUT2D eigenvalue weighted by atomic mass is 10.4. The fourth-order valence-corrected chi connectivity index (χ4v) is 2.15. The molecular weight excluding hydrogens is 236 g/mol. The minimum atomic E-state index is 0.776. The Bertz CT molecular complexity index is 305. The number of hydrogen-bond donors (Lipinski definition) is 1. The quantitative estimate of drug-likeness (QED) is 0.685. The normalized spacial score (nSPS) is 11.1. The summed E-state index contributed by atoms with van der Waals surface area (Å²) in [5.41, 5.74) is 1.04. The SMILES string of the molecule is CCNc1snnc1CN(CC)CCOCC. The van der Waals surface area contributed by atoms with Crippen LogP contribution in [0.25, 0.3) is 0 Å². The van der Waals surface area contributed by atoms with Gasteiger partial charge in [0.25, 0.3) is 0 Å². The molecule has 0 aliphatic heterocycles. The van der Waals surface area contributed by atoms with Gasteiger partial charge in [-0.2, -0.15) is 0 Å². The molecule has 5 nitrogen and oxygen atoms in total. The monoisotopic (exact) mass is 258 g/mol. The Morgan fingerprint density at radius 1 is 1.35 bits per heavy atom. The van der Waals surface area contributed by atoms with Crippen LogP contribution in [-0.2, 0) is 11.3 Å². The van der Waals surface area contributed by atoms with E-state index in [1.54, 1.807) is 0 Å². The van der Waals surface area contributed by atoms with E-state index in [0.717, 1.165) is 50.1 Å². The first-order chi connectivity index (χ1) is 8.31. The third-order valence-corrected chi connectivity index (χ3v) is 3.20. The summed E-state index contributed by atoms with van der Waals surface area (Å²) in [6.45, 7) is 11.5. The average molecular weight is 258 g/mol. The molecule has 1 aromatic heterocycles. The zero-order chi connectivity index (χ0) is 12.5. The van der Waals surface area contributed by atoms with E-state index in [1.807, 2.05) is 6.92 Å². The van der Waals surface area contributed by atoms with Crippen LogP contribution < -0.4 is 5.32 Å². The highest BCUT2D eigenvalue weighted by Crippen LogP contribution is 2.18. The van der Waals surface area contributed by atoms with Gasteiger partial charge in [-0.05, 0) is 20.4 Å². The number of likely N-dealkylation sites (N-methyl/N-ethyl adjacent to an activating group) is 1. The Morgan fingerprint density at radius 3 is 2.82 bits per heavy atom. The van der Waals surface area contributed by atoms with E-state index >= 15 is 0 Å². The Labute approximate surface area is 107 Å². The van der Waals surface area contributed by atoms with Gasteiger partial charge in [0.2, 0.25) is 0 Å². The van der Waals surface area contributed by atoms with E-state index in [9.17, 15) is 0 Å². The second-order valence-corrected chi connectivity index (χ2v) is 4.40. The molecule has 98 valence electrons. The molecule has 0 bridgehead atoms. The van der Waals surface area contributed by atoms with Gasteiger partial charge in [0.1, 0.15) is 10.7 Å². The number of nitrogens with zero attached hydrogens (tertiary/aromatic N) is 3. The zero-order valence-corrected chi connectivity index (χ0v) is 11.7. The molecule has 0 saturated heterocycles. The maximum Gasteiger partial charge on any atom is 0.134 e. The number of hydrogen-bond acceptors (Lipinski definition) is 6. The van der Waals surface area contributed by atoms with E-state index in [-0.39, 0.29) is 0 Å². The molecular formula is C11H22N4OS. The van der Waals surface area contributed by atoms with Crippen molar-refractivity contribution in [1.29, 1.82) is 0 Å². The van der Waals surface area contributed by atoms with Crippen LogP contribution in [0.15, 0.2) is 0 Å². The van der Waals surface area contributed by atoms with E-state index in [0.29, 0.717) is 0 Å². The molecule has 0 amide bonds. The van der Waals surface area contributed by atoms with Crippen molar-refractivity contribution in [3.05, 3.63) is 5.69 Å². The van der Waals surface area contributed by atoms with Crippen LogP contribution in [0.3, 0.4) is 0 Å². The molecule has 1 heterocycles. The summed E-state index contributed by atoms with van der Waals surface area (Å²) in [7, 11) is 0. The molecule has 1 aromatic rings. The van der Waals surface area contributed by atoms with Crippen LogP contribution in [0.1, 0.15) is 26.5 Å². The van der Waals surface area contributed by atoms with Crippen LogP contribution in [-0.4, -0.2) is 47.3 Å². The Morgan fingerprint density at radius 2 is 2.18 bits per heavy atom. The first-order valence-electron chi connectivity index (χ1n) is 6.16. The van der Waals surface area contributed by atoms with Gasteiger partial charge in [-0.3, -0.25) is 4.90 Å². The van der Waals surface area contributed by atoms with Crippen molar-refractivity contribution in [3.8, 4) is 0 Å². The van der Waals surface area contributed by atoms with Crippen molar-refractivity contribution >= 4 is 16.5 Å². The van der Waals surface area contributed by atoms with Crippen molar-refractivity contribution < 1.29 is 4.74 Å². The molecule has 0 aliphatic rings. The summed E-state index contributed by atoms with van der Waals surface area (Å²) in [4.78, 5) is 2.31. The van der Waals surface area contributed by atoms with Gasteiger partial charge < -0.3 is 10.1 Å². The third-order valence-electron chi connectivity index (χ3n) is 2.47. The Hall–Kier alpha value is -0.720. The van der Waals surface area contributed by atoms with E-state index < -0.39 is 0 Å². The lowest BCUT2D eigenvalue weighted by Gasteiger charge is -2.19. The summed E-state index contributed by atoms with van der Waals surface area (Å²) in [6, 6.07) is 0. The summed E-state index contributed by atoms with van der Waals surface area (Å²) >= 11 is 1.42. The molecule has 0 radical (unpaired) electrons. The van der Waals surface area contributed by atoms with Gasteiger partial charge in [-0.1, -0.05) is 11.4 Å². The summed E-state index contributed by atoms with van der Waals surface area (Å²) in [5.74, 6) is 0. The lowest BCUT2D eigenvalue weighted by molar-refractivity contribution is 0.112. The number of aromatic nitrogens is 2. The summed E-state index contributed by atoms with van der Waals surface area (Å²) < 4.78 is 9.37. The van der Waals surface area contributed by atoms with Crippen LogP contribution in [0, 0.1) is 0 Å². The van der Waals surface area contributed by atoms with Crippen molar-refractivity contribution in [2.45, 2.75) is 27.3 Å². The second kappa shape index (κ2) is 8.38. The van der Waals surface area contributed by atoms with Crippen molar-refractivity contribution in [3.63, 3.8) is 0 Å². The first-order valence-corrected chi connectivity index (χ1v) is 6.94. The van der Waals surface area contributed by atoms with Gasteiger partial charge in [0.05, 0.1) is 6.61 Å². The van der Waals surface area contributed by atoms with E-state index in [1.165, 1.54) is 11.5 Å². The smallest absolute Gasteiger partial charge is 0.134 e.